The largest absolute Gasteiger partial charge is 0.456 e. The maximum atomic E-state index is 12.3. The van der Waals surface area contributed by atoms with Crippen LogP contribution in [0.3, 0.4) is 0 Å². The quantitative estimate of drug-likeness (QED) is 0.813. The fraction of sp³-hybridized carbons (Fsp3) is 0.438. The van der Waals surface area contributed by atoms with Crippen LogP contribution < -0.4 is 10.6 Å². The van der Waals surface area contributed by atoms with E-state index in [2.05, 4.69) is 15.4 Å². The molecule has 0 radical (unpaired) electrons. The predicted molar refractivity (Wildman–Crippen MR) is 81.4 cm³/mol. The second-order valence-electron chi connectivity index (χ2n) is 5.33. The Balaban J connectivity index is 2.00. The Labute approximate surface area is 129 Å². The van der Waals surface area contributed by atoms with Crippen LogP contribution in [0.25, 0.3) is 0 Å². The van der Waals surface area contributed by atoms with Gasteiger partial charge in [0.25, 0.3) is 11.8 Å². The zero-order chi connectivity index (χ0) is 15.9. The van der Waals surface area contributed by atoms with E-state index >= 15 is 0 Å². The van der Waals surface area contributed by atoms with E-state index in [1.54, 1.807) is 24.3 Å². The Hall–Kier alpha value is -2.37. The molecule has 0 aliphatic heterocycles. The van der Waals surface area contributed by atoms with Crippen LogP contribution in [0.4, 0.5) is 5.69 Å². The fourth-order valence-electron chi connectivity index (χ4n) is 2.48. The maximum absolute atomic E-state index is 12.3. The number of esters is 1. The lowest BCUT2D eigenvalue weighted by Crippen LogP contribution is -2.33. The number of carbonyl (C=O) groups excluding carboxylic acids is 3. The summed E-state index contributed by atoms with van der Waals surface area (Å²) in [6.07, 6.45) is 4.25. The number of carbonyl (C=O) groups is 3. The molecule has 0 spiro atoms. The first-order chi connectivity index (χ1) is 10.6. The number of ether oxygens (including phenoxy) is 1. The van der Waals surface area contributed by atoms with Gasteiger partial charge in [-0.15, -0.1) is 0 Å². The zero-order valence-corrected chi connectivity index (χ0v) is 12.6. The summed E-state index contributed by atoms with van der Waals surface area (Å²) in [5.41, 5.74) is 0.820. The highest BCUT2D eigenvalue weighted by Gasteiger charge is 2.20. The molecule has 0 unspecified atom stereocenters. The van der Waals surface area contributed by atoms with Crippen molar-refractivity contribution >= 4 is 23.5 Å². The second kappa shape index (κ2) is 7.59. The van der Waals surface area contributed by atoms with Gasteiger partial charge in [0.05, 0.1) is 11.3 Å². The van der Waals surface area contributed by atoms with Crippen LogP contribution in [-0.4, -0.2) is 30.4 Å². The molecular weight excluding hydrogens is 284 g/mol. The summed E-state index contributed by atoms with van der Waals surface area (Å²) in [5, 5.41) is 5.58. The molecule has 2 N–H and O–H groups in total. The molecule has 2 amide bonds. The van der Waals surface area contributed by atoms with Crippen LogP contribution in [0, 0.1) is 0 Å². The summed E-state index contributed by atoms with van der Waals surface area (Å²) in [5.74, 6) is -1.20. The van der Waals surface area contributed by atoms with Gasteiger partial charge >= 0.3 is 5.97 Å². The summed E-state index contributed by atoms with van der Waals surface area (Å²) in [7, 11) is 0. The molecule has 1 aromatic carbocycles. The van der Waals surface area contributed by atoms with E-state index in [1.165, 1.54) is 6.92 Å². The van der Waals surface area contributed by atoms with E-state index in [0.29, 0.717) is 11.3 Å². The van der Waals surface area contributed by atoms with Gasteiger partial charge in [-0.1, -0.05) is 25.0 Å². The molecule has 0 heterocycles. The Morgan fingerprint density at radius 1 is 1.18 bits per heavy atom. The molecule has 1 aliphatic carbocycles. The smallest absolute Gasteiger partial charge is 0.303 e. The third kappa shape index (κ3) is 4.58. The van der Waals surface area contributed by atoms with E-state index in [4.69, 9.17) is 0 Å². The average molecular weight is 304 g/mol. The van der Waals surface area contributed by atoms with Gasteiger partial charge < -0.3 is 15.4 Å². The summed E-state index contributed by atoms with van der Waals surface area (Å²) in [4.78, 5) is 34.7. The van der Waals surface area contributed by atoms with Crippen molar-refractivity contribution in [2.24, 2.45) is 0 Å². The number of anilines is 1. The number of rotatable bonds is 5. The fourth-order valence-corrected chi connectivity index (χ4v) is 2.48. The lowest BCUT2D eigenvalue weighted by Gasteiger charge is -2.15. The van der Waals surface area contributed by atoms with Gasteiger partial charge in [0.2, 0.25) is 0 Å². The Bertz CT molecular complexity index is 565. The molecule has 0 saturated heterocycles. The molecule has 1 fully saturated rings. The molecule has 1 aromatic rings. The van der Waals surface area contributed by atoms with Gasteiger partial charge in [0.1, 0.15) is 0 Å². The first-order valence-electron chi connectivity index (χ1n) is 7.39. The van der Waals surface area contributed by atoms with Gasteiger partial charge in [0.15, 0.2) is 6.61 Å². The van der Waals surface area contributed by atoms with Gasteiger partial charge in [0, 0.05) is 13.0 Å². The van der Waals surface area contributed by atoms with E-state index in [1.807, 2.05) is 0 Å². The molecule has 1 aliphatic rings. The first-order valence-corrected chi connectivity index (χ1v) is 7.39. The van der Waals surface area contributed by atoms with Crippen LogP contribution in [0.1, 0.15) is 43.0 Å². The van der Waals surface area contributed by atoms with Crippen molar-refractivity contribution in [2.75, 3.05) is 11.9 Å². The lowest BCUT2D eigenvalue weighted by molar-refractivity contribution is -0.144. The van der Waals surface area contributed by atoms with Gasteiger partial charge in [-0.3, -0.25) is 14.4 Å². The summed E-state index contributed by atoms with van der Waals surface area (Å²) in [6, 6.07) is 6.98. The SMILES string of the molecule is CC(=O)OCC(=O)Nc1ccccc1C(=O)NC1CCCC1. The van der Waals surface area contributed by atoms with Crippen molar-refractivity contribution in [3.63, 3.8) is 0 Å². The minimum absolute atomic E-state index is 0.199. The van der Waals surface area contributed by atoms with Gasteiger partial charge in [-0.2, -0.15) is 0 Å². The average Bonchev–Trinajstić information content (AvgIpc) is 2.98. The van der Waals surface area contributed by atoms with E-state index in [-0.39, 0.29) is 18.6 Å². The number of benzene rings is 1. The molecule has 22 heavy (non-hydrogen) atoms. The summed E-state index contributed by atoms with van der Waals surface area (Å²) < 4.78 is 4.63. The highest BCUT2D eigenvalue weighted by atomic mass is 16.5. The lowest BCUT2D eigenvalue weighted by atomic mass is 10.1. The van der Waals surface area contributed by atoms with E-state index in [9.17, 15) is 14.4 Å². The van der Waals surface area contributed by atoms with Crippen LogP contribution in [0.15, 0.2) is 24.3 Å². The van der Waals surface area contributed by atoms with Crippen molar-refractivity contribution < 1.29 is 19.1 Å². The third-order valence-corrected chi connectivity index (χ3v) is 3.54. The minimum Gasteiger partial charge on any atom is -0.456 e. The third-order valence-electron chi connectivity index (χ3n) is 3.54. The normalized spacial score (nSPS) is 14.4. The van der Waals surface area contributed by atoms with Gasteiger partial charge in [-0.25, -0.2) is 0 Å². The molecule has 6 nitrogen and oxygen atoms in total. The summed E-state index contributed by atoms with van der Waals surface area (Å²) >= 11 is 0. The molecule has 0 atom stereocenters. The highest BCUT2D eigenvalue weighted by Crippen LogP contribution is 2.20. The number of hydrogen-bond donors (Lipinski definition) is 2. The van der Waals surface area contributed by atoms with Crippen LogP contribution in [-0.2, 0) is 14.3 Å². The van der Waals surface area contributed by atoms with Crippen LogP contribution in [0.2, 0.25) is 0 Å². The van der Waals surface area contributed by atoms with Crippen molar-refractivity contribution in [1.29, 1.82) is 0 Å². The molecule has 2 rings (SSSR count). The molecule has 0 aromatic heterocycles. The topological polar surface area (TPSA) is 84.5 Å². The van der Waals surface area contributed by atoms with Crippen LogP contribution >= 0.6 is 0 Å². The number of amides is 2. The minimum atomic E-state index is -0.526. The van der Waals surface area contributed by atoms with E-state index in [0.717, 1.165) is 25.7 Å². The molecule has 118 valence electrons. The van der Waals surface area contributed by atoms with Crippen molar-refractivity contribution in [3.05, 3.63) is 29.8 Å². The Morgan fingerprint density at radius 3 is 2.55 bits per heavy atom. The number of nitrogens with one attached hydrogen (secondary N) is 2. The highest BCUT2D eigenvalue weighted by molar-refractivity contribution is 6.04. The van der Waals surface area contributed by atoms with E-state index < -0.39 is 11.9 Å². The number of para-hydroxylation sites is 1. The maximum Gasteiger partial charge on any atom is 0.303 e. The zero-order valence-electron chi connectivity index (χ0n) is 12.6. The van der Waals surface area contributed by atoms with Crippen LogP contribution in [0.5, 0.6) is 0 Å². The van der Waals surface area contributed by atoms with Crippen molar-refractivity contribution in [2.45, 2.75) is 38.6 Å². The van der Waals surface area contributed by atoms with Crippen molar-refractivity contribution in [3.8, 4) is 0 Å². The molecular formula is C16H20N2O4. The second-order valence-corrected chi connectivity index (χ2v) is 5.33. The monoisotopic (exact) mass is 304 g/mol. The predicted octanol–water partition coefficient (Wildman–Crippen LogP) is 1.86. The number of hydrogen-bond acceptors (Lipinski definition) is 4. The standard InChI is InChI=1S/C16H20N2O4/c1-11(19)22-10-15(20)18-14-9-5-4-8-13(14)16(21)17-12-6-2-3-7-12/h4-5,8-9,12H,2-3,6-7,10H2,1H3,(H,17,21)(H,18,20). The summed E-state index contributed by atoms with van der Waals surface area (Å²) in [6.45, 7) is 0.865. The molecule has 6 heteroatoms. The van der Waals surface area contributed by atoms with Gasteiger partial charge in [-0.05, 0) is 25.0 Å². The molecule has 1 saturated carbocycles. The first kappa shape index (κ1) is 16.0. The Kier molecular flexibility index (Phi) is 5.52. The molecule has 0 bridgehead atoms. The van der Waals surface area contributed by atoms with Crippen molar-refractivity contribution in [1.82, 2.24) is 5.32 Å². The Morgan fingerprint density at radius 2 is 1.86 bits per heavy atom.